The molecule has 1 heterocycles. The van der Waals surface area contributed by atoms with Gasteiger partial charge in [0.1, 0.15) is 0 Å². The van der Waals surface area contributed by atoms with E-state index < -0.39 is 0 Å². The summed E-state index contributed by atoms with van der Waals surface area (Å²) in [6.07, 6.45) is 0.596. The first-order valence-electron chi connectivity index (χ1n) is 8.65. The predicted octanol–water partition coefficient (Wildman–Crippen LogP) is 3.19. The minimum absolute atomic E-state index is 0.0212. The van der Waals surface area contributed by atoms with Crippen LogP contribution in [0.5, 0.6) is 5.88 Å². The van der Waals surface area contributed by atoms with Crippen molar-refractivity contribution in [1.29, 1.82) is 0 Å². The van der Waals surface area contributed by atoms with Crippen molar-refractivity contribution in [1.82, 2.24) is 16.0 Å². The van der Waals surface area contributed by atoms with Crippen LogP contribution in [0, 0.1) is 0 Å². The zero-order chi connectivity index (χ0) is 19.8. The number of ether oxygens (including phenoxy) is 1. The number of carbonyl (C=O) groups is 1. The van der Waals surface area contributed by atoms with Crippen molar-refractivity contribution in [3.63, 3.8) is 0 Å². The van der Waals surface area contributed by atoms with E-state index >= 15 is 0 Å². The highest BCUT2D eigenvalue weighted by Crippen LogP contribution is 2.19. The average molecular weight is 397 g/mol. The van der Waals surface area contributed by atoms with Crippen LogP contribution in [-0.4, -0.2) is 34.4 Å². The molecule has 3 N–H and O–H groups in total. The van der Waals surface area contributed by atoms with Gasteiger partial charge in [-0.1, -0.05) is 54.7 Å². The third kappa shape index (κ3) is 5.15. The number of hydrogen-bond acceptors (Lipinski definition) is 6. The van der Waals surface area contributed by atoms with Crippen LogP contribution in [0.1, 0.15) is 22.5 Å². The second kappa shape index (κ2) is 9.63. The molecule has 0 aliphatic carbocycles. The van der Waals surface area contributed by atoms with Gasteiger partial charge in [-0.25, -0.2) is 0 Å². The highest BCUT2D eigenvalue weighted by atomic mass is 32.1. The molecule has 3 aromatic rings. The van der Waals surface area contributed by atoms with Crippen molar-refractivity contribution < 1.29 is 19.3 Å². The lowest BCUT2D eigenvalue weighted by Crippen LogP contribution is -2.25. The molecule has 1 aromatic heterocycles. The van der Waals surface area contributed by atoms with E-state index in [1.807, 2.05) is 54.6 Å². The van der Waals surface area contributed by atoms with Gasteiger partial charge < -0.3 is 14.6 Å². The van der Waals surface area contributed by atoms with E-state index in [1.165, 1.54) is 6.07 Å². The van der Waals surface area contributed by atoms with Crippen LogP contribution >= 0.6 is 12.2 Å². The monoisotopic (exact) mass is 397 g/mol. The summed E-state index contributed by atoms with van der Waals surface area (Å²) in [5.41, 5.74) is 4.58. The fourth-order valence-electron chi connectivity index (χ4n) is 2.49. The van der Waals surface area contributed by atoms with E-state index in [2.05, 4.69) is 10.5 Å². The first kappa shape index (κ1) is 19.5. The van der Waals surface area contributed by atoms with Gasteiger partial charge in [-0.3, -0.25) is 15.5 Å². The molecule has 2 aromatic carbocycles. The van der Waals surface area contributed by atoms with Crippen molar-refractivity contribution in [3.05, 3.63) is 72.0 Å². The predicted molar refractivity (Wildman–Crippen MR) is 107 cm³/mol. The molecule has 1 amide bonds. The molecule has 0 aliphatic rings. The van der Waals surface area contributed by atoms with Gasteiger partial charge in [-0.2, -0.15) is 0 Å². The van der Waals surface area contributed by atoms with Crippen molar-refractivity contribution in [2.45, 2.75) is 6.42 Å². The van der Waals surface area contributed by atoms with Gasteiger partial charge >= 0.3 is 0 Å². The molecule has 0 bridgehead atoms. The minimum Gasteiger partial charge on any atom is -0.475 e. The molecule has 3 rings (SSSR count). The summed E-state index contributed by atoms with van der Waals surface area (Å²) in [5.74, 6) is 0.331. The first-order valence-corrected chi connectivity index (χ1v) is 9.06. The Kier molecular flexibility index (Phi) is 6.72. The lowest BCUT2D eigenvalue weighted by Gasteiger charge is -2.07. The van der Waals surface area contributed by atoms with E-state index in [0.29, 0.717) is 25.1 Å². The Balaban J connectivity index is 1.41. The summed E-state index contributed by atoms with van der Waals surface area (Å²) >= 11 is 4.80. The summed E-state index contributed by atoms with van der Waals surface area (Å²) in [6, 6.07) is 18.9. The first-order chi connectivity index (χ1) is 13.7. The van der Waals surface area contributed by atoms with Crippen LogP contribution in [0.25, 0.3) is 11.1 Å². The van der Waals surface area contributed by atoms with Gasteiger partial charge in [0.05, 0.1) is 12.7 Å². The quantitative estimate of drug-likeness (QED) is 0.305. The number of nitrogens with zero attached hydrogens (tertiary/aromatic N) is 1. The number of benzene rings is 2. The fraction of sp³-hybridized carbons (Fsp3) is 0.150. The molecule has 0 aliphatic heterocycles. The molecule has 7 nitrogen and oxygen atoms in total. The molecule has 28 heavy (non-hydrogen) atoms. The molecular formula is C20H19N3O4S. The molecular weight excluding hydrogens is 378 g/mol. The Hall–Kier alpha value is -3.23. The summed E-state index contributed by atoms with van der Waals surface area (Å²) in [6.45, 7) is 0.805. The lowest BCUT2D eigenvalue weighted by atomic mass is 10.0. The molecule has 0 spiro atoms. The Labute approximate surface area is 167 Å². The second-order valence-electron chi connectivity index (χ2n) is 5.87. The van der Waals surface area contributed by atoms with Crippen LogP contribution in [0.4, 0.5) is 0 Å². The van der Waals surface area contributed by atoms with Crippen LogP contribution in [0.3, 0.4) is 0 Å². The molecule has 0 saturated heterocycles. The van der Waals surface area contributed by atoms with E-state index in [1.54, 1.807) is 5.48 Å². The average Bonchev–Trinajstić information content (AvgIpc) is 3.22. The van der Waals surface area contributed by atoms with E-state index in [4.69, 9.17) is 26.7 Å². The van der Waals surface area contributed by atoms with Gasteiger partial charge in [0.25, 0.3) is 11.8 Å². The van der Waals surface area contributed by atoms with Crippen molar-refractivity contribution in [2.75, 3.05) is 13.2 Å². The molecule has 0 fully saturated rings. The summed E-state index contributed by atoms with van der Waals surface area (Å²) in [5, 5.41) is 15.2. The highest BCUT2D eigenvalue weighted by molar-refractivity contribution is 7.80. The standard InChI is InChI=1S/C20H19N3O4S/c24-19(16-9-7-15(8-10-16)14-5-2-1-3-6-14)21-11-4-12-26-18-13-17(27-23-18)20(28)22-25/h1-3,5-10,13,25H,4,11-12H2,(H,21,24)(H,22,28). The van der Waals surface area contributed by atoms with Crippen molar-refractivity contribution >= 4 is 23.1 Å². The number of carbonyl (C=O) groups excluding carboxylic acids is 1. The number of rotatable bonds is 8. The summed E-state index contributed by atoms with van der Waals surface area (Å²) < 4.78 is 10.3. The van der Waals surface area contributed by atoms with E-state index in [0.717, 1.165) is 11.1 Å². The topological polar surface area (TPSA) is 96.6 Å². The SMILES string of the molecule is O=C(NCCCOc1cc(C(=S)NO)on1)c1ccc(-c2ccccc2)cc1. The van der Waals surface area contributed by atoms with Gasteiger partial charge in [-0.15, -0.1) is 0 Å². The second-order valence-corrected chi connectivity index (χ2v) is 6.28. The molecule has 144 valence electrons. The normalized spacial score (nSPS) is 10.3. The number of nitrogens with one attached hydrogen (secondary N) is 2. The van der Waals surface area contributed by atoms with Gasteiger partial charge in [0.15, 0.2) is 10.7 Å². The highest BCUT2D eigenvalue weighted by Gasteiger charge is 2.09. The maximum absolute atomic E-state index is 12.2. The largest absolute Gasteiger partial charge is 0.475 e. The minimum atomic E-state index is -0.136. The lowest BCUT2D eigenvalue weighted by molar-refractivity contribution is 0.0951. The number of hydroxylamine groups is 1. The third-order valence-electron chi connectivity index (χ3n) is 3.92. The van der Waals surface area contributed by atoms with Crippen LogP contribution < -0.4 is 15.5 Å². The summed E-state index contributed by atoms with van der Waals surface area (Å²) in [4.78, 5) is 12.2. The fourth-order valence-corrected chi connectivity index (χ4v) is 2.58. The maximum atomic E-state index is 12.2. The van der Waals surface area contributed by atoms with Crippen molar-refractivity contribution in [2.24, 2.45) is 0 Å². The Morgan fingerprint density at radius 3 is 2.54 bits per heavy atom. The zero-order valence-corrected chi connectivity index (χ0v) is 15.7. The summed E-state index contributed by atoms with van der Waals surface area (Å²) in [7, 11) is 0. The van der Waals surface area contributed by atoms with Crippen LogP contribution in [0.2, 0.25) is 0 Å². The molecule has 0 unspecified atom stereocenters. The number of thiocarbonyl (C=S) groups is 1. The molecule has 8 heteroatoms. The molecule has 0 atom stereocenters. The maximum Gasteiger partial charge on any atom is 0.254 e. The van der Waals surface area contributed by atoms with E-state index in [9.17, 15) is 4.79 Å². The molecule has 0 radical (unpaired) electrons. The third-order valence-corrected chi connectivity index (χ3v) is 4.22. The van der Waals surface area contributed by atoms with Crippen LogP contribution in [0.15, 0.2) is 65.2 Å². The smallest absolute Gasteiger partial charge is 0.254 e. The number of hydrogen-bond donors (Lipinski definition) is 3. The van der Waals surface area contributed by atoms with Gasteiger partial charge in [0, 0.05) is 12.1 Å². The molecule has 0 saturated carbocycles. The Morgan fingerprint density at radius 1 is 1.11 bits per heavy atom. The Bertz CT molecular complexity index is 926. The van der Waals surface area contributed by atoms with Gasteiger partial charge in [0.2, 0.25) is 0 Å². The van der Waals surface area contributed by atoms with E-state index in [-0.39, 0.29) is 22.5 Å². The number of aromatic nitrogens is 1. The number of amides is 1. The zero-order valence-electron chi connectivity index (χ0n) is 14.9. The van der Waals surface area contributed by atoms with Crippen molar-refractivity contribution in [3.8, 4) is 17.0 Å². The van der Waals surface area contributed by atoms with Crippen LogP contribution in [-0.2, 0) is 0 Å². The van der Waals surface area contributed by atoms with Gasteiger partial charge in [-0.05, 0) is 34.8 Å². The Morgan fingerprint density at radius 2 is 1.82 bits per heavy atom.